The lowest BCUT2D eigenvalue weighted by atomic mass is 9.84. The lowest BCUT2D eigenvalue weighted by Crippen LogP contribution is -2.45. The van der Waals surface area contributed by atoms with Crippen LogP contribution < -0.4 is 5.32 Å². The molecule has 1 heterocycles. The Morgan fingerprint density at radius 2 is 2.00 bits per heavy atom. The molecule has 3 rings (SSSR count). The number of hydrogen-bond acceptors (Lipinski definition) is 2. The summed E-state index contributed by atoms with van der Waals surface area (Å²) < 4.78 is 0. The summed E-state index contributed by atoms with van der Waals surface area (Å²) >= 11 is 0. The topological polar surface area (TPSA) is 32.3 Å². The molecule has 2 fully saturated rings. The van der Waals surface area contributed by atoms with Gasteiger partial charge < -0.3 is 10.2 Å². The lowest BCUT2D eigenvalue weighted by Gasteiger charge is -2.36. The molecule has 1 aromatic carbocycles. The summed E-state index contributed by atoms with van der Waals surface area (Å²) in [6.07, 6.45) is 5.89. The maximum absolute atomic E-state index is 13.0. The molecule has 1 N–H and O–H groups in total. The van der Waals surface area contributed by atoms with E-state index in [0.29, 0.717) is 11.9 Å². The van der Waals surface area contributed by atoms with Crippen LogP contribution in [0.3, 0.4) is 0 Å². The highest BCUT2D eigenvalue weighted by Gasteiger charge is 2.31. The highest BCUT2D eigenvalue weighted by Crippen LogP contribution is 2.29. The summed E-state index contributed by atoms with van der Waals surface area (Å²) in [7, 11) is 0. The second-order valence-corrected chi connectivity index (χ2v) is 7.08. The van der Waals surface area contributed by atoms with Crippen LogP contribution in [-0.2, 0) is 11.3 Å². The maximum atomic E-state index is 13.0. The van der Waals surface area contributed by atoms with Crippen molar-refractivity contribution in [3.05, 3.63) is 35.9 Å². The van der Waals surface area contributed by atoms with Gasteiger partial charge in [0.25, 0.3) is 0 Å². The molecule has 1 aromatic rings. The number of carbonyl (C=O) groups is 1. The van der Waals surface area contributed by atoms with E-state index in [-0.39, 0.29) is 5.92 Å². The van der Waals surface area contributed by atoms with Crippen molar-refractivity contribution in [2.45, 2.75) is 51.6 Å². The van der Waals surface area contributed by atoms with Crippen LogP contribution in [0.5, 0.6) is 0 Å². The lowest BCUT2D eigenvalue weighted by molar-refractivity contribution is -0.138. The van der Waals surface area contributed by atoms with Gasteiger partial charge in [-0.1, -0.05) is 36.8 Å². The molecule has 22 heavy (non-hydrogen) atoms. The average molecular weight is 300 g/mol. The third kappa shape index (κ3) is 3.89. The highest BCUT2D eigenvalue weighted by atomic mass is 16.2. The van der Waals surface area contributed by atoms with Crippen LogP contribution in [0.1, 0.15) is 44.6 Å². The first kappa shape index (κ1) is 15.5. The third-order valence-corrected chi connectivity index (χ3v) is 5.20. The van der Waals surface area contributed by atoms with Gasteiger partial charge in [-0.2, -0.15) is 0 Å². The van der Waals surface area contributed by atoms with Gasteiger partial charge in [0.05, 0.1) is 0 Å². The van der Waals surface area contributed by atoms with Gasteiger partial charge in [0, 0.05) is 25.0 Å². The monoisotopic (exact) mass is 300 g/mol. The van der Waals surface area contributed by atoms with E-state index in [1.165, 1.54) is 24.8 Å². The number of nitrogens with zero attached hydrogens (tertiary/aromatic N) is 1. The van der Waals surface area contributed by atoms with E-state index in [1.807, 2.05) is 6.07 Å². The van der Waals surface area contributed by atoms with E-state index in [1.54, 1.807) is 0 Å². The number of rotatable bonds is 5. The first-order valence-electron chi connectivity index (χ1n) is 8.78. The van der Waals surface area contributed by atoms with Crippen molar-refractivity contribution in [3.8, 4) is 0 Å². The molecular formula is C19H28N2O. The van der Waals surface area contributed by atoms with Gasteiger partial charge in [0.2, 0.25) is 5.91 Å². The minimum absolute atomic E-state index is 0.208. The number of carbonyl (C=O) groups excluding carboxylic acids is 1. The van der Waals surface area contributed by atoms with E-state index in [4.69, 9.17) is 0 Å². The quantitative estimate of drug-likeness (QED) is 0.905. The molecule has 2 aliphatic rings. The Balaban J connectivity index is 1.67. The molecule has 120 valence electrons. The Bertz CT molecular complexity index is 483. The number of nitrogens with one attached hydrogen (secondary N) is 1. The summed E-state index contributed by atoms with van der Waals surface area (Å²) in [4.78, 5) is 15.2. The second kappa shape index (κ2) is 7.28. The fourth-order valence-corrected chi connectivity index (χ4v) is 3.64. The second-order valence-electron chi connectivity index (χ2n) is 7.08. The van der Waals surface area contributed by atoms with Gasteiger partial charge in [0.1, 0.15) is 0 Å². The number of amides is 1. The summed E-state index contributed by atoms with van der Waals surface area (Å²) in [6.45, 7) is 4.88. The molecule has 3 nitrogen and oxygen atoms in total. The largest absolute Gasteiger partial charge is 0.338 e. The number of benzene rings is 1. The molecule has 0 radical (unpaired) electrons. The van der Waals surface area contributed by atoms with Crippen molar-refractivity contribution in [3.63, 3.8) is 0 Å². The Labute approximate surface area is 134 Å². The zero-order valence-electron chi connectivity index (χ0n) is 13.6. The third-order valence-electron chi connectivity index (χ3n) is 5.20. The average Bonchev–Trinajstić information content (AvgIpc) is 2.50. The molecule has 0 bridgehead atoms. The van der Waals surface area contributed by atoms with Crippen molar-refractivity contribution in [2.24, 2.45) is 11.8 Å². The molecular weight excluding hydrogens is 272 g/mol. The fraction of sp³-hybridized carbons (Fsp3) is 0.632. The Hall–Kier alpha value is -1.35. The molecule has 1 saturated heterocycles. The zero-order valence-corrected chi connectivity index (χ0v) is 13.6. The molecule has 1 aliphatic heterocycles. The van der Waals surface area contributed by atoms with Crippen LogP contribution in [0.4, 0.5) is 0 Å². The smallest absolute Gasteiger partial charge is 0.226 e. The molecule has 0 spiro atoms. The van der Waals surface area contributed by atoms with E-state index in [9.17, 15) is 4.79 Å². The van der Waals surface area contributed by atoms with Gasteiger partial charge in [0.15, 0.2) is 0 Å². The standard InChI is InChI=1S/C19H28N2O/c1-15-12-18(10-11-20-15)19(22)21(14-17-8-5-9-17)13-16-6-3-2-4-7-16/h2-4,6-7,15,17-18,20H,5,8-14H2,1H3/t15-,18-/m0/s1. The zero-order chi connectivity index (χ0) is 15.4. The molecule has 3 heteroatoms. The summed E-state index contributed by atoms with van der Waals surface area (Å²) in [5.74, 6) is 1.32. The van der Waals surface area contributed by atoms with Gasteiger partial charge in [-0.05, 0) is 50.6 Å². The Morgan fingerprint density at radius 3 is 2.64 bits per heavy atom. The molecule has 1 saturated carbocycles. The first-order chi connectivity index (χ1) is 10.7. The highest BCUT2D eigenvalue weighted by molar-refractivity contribution is 5.79. The summed E-state index contributed by atoms with van der Waals surface area (Å²) in [6, 6.07) is 10.9. The molecule has 0 unspecified atom stereocenters. The Morgan fingerprint density at radius 1 is 1.23 bits per heavy atom. The maximum Gasteiger partial charge on any atom is 0.226 e. The van der Waals surface area contributed by atoms with Crippen LogP contribution in [0.25, 0.3) is 0 Å². The van der Waals surface area contributed by atoms with E-state index in [0.717, 1.165) is 38.4 Å². The number of piperidine rings is 1. The number of hydrogen-bond donors (Lipinski definition) is 1. The van der Waals surface area contributed by atoms with E-state index >= 15 is 0 Å². The van der Waals surface area contributed by atoms with Crippen molar-refractivity contribution >= 4 is 5.91 Å². The van der Waals surface area contributed by atoms with E-state index in [2.05, 4.69) is 41.4 Å². The van der Waals surface area contributed by atoms with Crippen molar-refractivity contribution in [1.82, 2.24) is 10.2 Å². The van der Waals surface area contributed by atoms with Crippen LogP contribution in [0, 0.1) is 11.8 Å². The molecule has 0 aromatic heterocycles. The van der Waals surface area contributed by atoms with Crippen molar-refractivity contribution < 1.29 is 4.79 Å². The van der Waals surface area contributed by atoms with Crippen molar-refractivity contribution in [1.29, 1.82) is 0 Å². The van der Waals surface area contributed by atoms with Crippen LogP contribution >= 0.6 is 0 Å². The predicted molar refractivity (Wildman–Crippen MR) is 89.4 cm³/mol. The van der Waals surface area contributed by atoms with Crippen LogP contribution in [0.15, 0.2) is 30.3 Å². The SMILES string of the molecule is C[C@H]1C[C@@H](C(=O)N(Cc2ccccc2)CC2CCC2)CCN1. The molecule has 2 atom stereocenters. The predicted octanol–water partition coefficient (Wildman–Crippen LogP) is 3.20. The first-order valence-corrected chi connectivity index (χ1v) is 8.78. The fourth-order valence-electron chi connectivity index (χ4n) is 3.64. The van der Waals surface area contributed by atoms with Crippen LogP contribution in [-0.4, -0.2) is 29.9 Å². The van der Waals surface area contributed by atoms with Gasteiger partial charge >= 0.3 is 0 Å². The Kier molecular flexibility index (Phi) is 5.14. The summed E-state index contributed by atoms with van der Waals surface area (Å²) in [5.41, 5.74) is 1.25. The normalized spacial score (nSPS) is 25.5. The molecule has 1 aliphatic carbocycles. The van der Waals surface area contributed by atoms with Crippen LogP contribution in [0.2, 0.25) is 0 Å². The van der Waals surface area contributed by atoms with Gasteiger partial charge in [-0.3, -0.25) is 4.79 Å². The van der Waals surface area contributed by atoms with Gasteiger partial charge in [-0.25, -0.2) is 0 Å². The van der Waals surface area contributed by atoms with Gasteiger partial charge in [-0.15, -0.1) is 0 Å². The van der Waals surface area contributed by atoms with E-state index < -0.39 is 0 Å². The minimum Gasteiger partial charge on any atom is -0.338 e. The molecule has 1 amide bonds. The minimum atomic E-state index is 0.208. The summed E-state index contributed by atoms with van der Waals surface area (Å²) in [5, 5.41) is 3.45. The van der Waals surface area contributed by atoms with Crippen molar-refractivity contribution in [2.75, 3.05) is 13.1 Å².